The van der Waals surface area contributed by atoms with E-state index in [-0.39, 0.29) is 11.5 Å². The molecule has 1 aliphatic rings. The van der Waals surface area contributed by atoms with Crippen molar-refractivity contribution < 1.29 is 0 Å². The van der Waals surface area contributed by atoms with Gasteiger partial charge in [-0.25, -0.2) is 15.0 Å². The molecule has 1 fully saturated rings. The van der Waals surface area contributed by atoms with Crippen LogP contribution in [0.25, 0.3) is 11.0 Å². The van der Waals surface area contributed by atoms with Crippen LogP contribution in [0.3, 0.4) is 0 Å². The first-order chi connectivity index (χ1) is 13.0. The van der Waals surface area contributed by atoms with Gasteiger partial charge < -0.3 is 9.88 Å². The Morgan fingerprint density at radius 2 is 2.15 bits per heavy atom. The third kappa shape index (κ3) is 3.43. The Kier molecular flexibility index (Phi) is 4.63. The minimum absolute atomic E-state index is 0.0865. The summed E-state index contributed by atoms with van der Waals surface area (Å²) in [5, 5.41) is 5.36. The minimum Gasteiger partial charge on any atom is -0.355 e. The Morgan fingerprint density at radius 3 is 2.93 bits per heavy atom. The van der Waals surface area contributed by atoms with Gasteiger partial charge in [-0.15, -0.1) is 0 Å². The lowest BCUT2D eigenvalue weighted by Crippen LogP contribution is -2.36. The average molecular weight is 367 g/mol. The fourth-order valence-corrected chi connectivity index (χ4v) is 3.85. The lowest BCUT2D eigenvalue weighted by Gasteiger charge is -2.33. The van der Waals surface area contributed by atoms with Crippen molar-refractivity contribution in [2.45, 2.75) is 45.4 Å². The predicted octanol–water partition coefficient (Wildman–Crippen LogP) is 2.09. The number of hydrogen-bond donors (Lipinski definition) is 1. The largest absolute Gasteiger partial charge is 0.355 e. The topological polar surface area (TPSA) is 92.6 Å². The van der Waals surface area contributed by atoms with Crippen molar-refractivity contribution in [3.8, 4) is 0 Å². The zero-order valence-corrected chi connectivity index (χ0v) is 16.1. The molecule has 8 heteroatoms. The molecule has 0 spiro atoms. The molecule has 0 amide bonds. The van der Waals surface area contributed by atoms with E-state index in [9.17, 15) is 4.79 Å². The summed E-state index contributed by atoms with van der Waals surface area (Å²) in [6, 6.07) is 1.63. The zero-order valence-electron chi connectivity index (χ0n) is 16.1. The third-order valence-electron chi connectivity index (χ3n) is 5.11. The van der Waals surface area contributed by atoms with Crippen molar-refractivity contribution >= 4 is 16.9 Å². The molecular weight excluding hydrogens is 342 g/mol. The lowest BCUT2D eigenvalue weighted by molar-refractivity contribution is 0.497. The van der Waals surface area contributed by atoms with E-state index in [0.717, 1.165) is 67.1 Å². The number of H-pyrrole nitrogens is 1. The van der Waals surface area contributed by atoms with Gasteiger partial charge in [-0.2, -0.15) is 5.10 Å². The standard InChI is InChI=1S/C19H25N7O/c1-4-6-16-23-18-14(10-20-25(18)3)19(24-16)26-8-5-7-13(11-26)15-9-17(27)22-12(2)21-15/h9-10,13H,4-8,11H2,1-3H3,(H,21,22,27)/t13-/m0/s1. The number of nitrogens with one attached hydrogen (secondary N) is 1. The van der Waals surface area contributed by atoms with Crippen molar-refractivity contribution in [1.29, 1.82) is 0 Å². The number of rotatable bonds is 4. The maximum Gasteiger partial charge on any atom is 0.251 e. The van der Waals surface area contributed by atoms with Crippen LogP contribution in [-0.4, -0.2) is 42.8 Å². The number of fused-ring (bicyclic) bond motifs is 1. The lowest BCUT2D eigenvalue weighted by atomic mass is 9.94. The highest BCUT2D eigenvalue weighted by Gasteiger charge is 2.26. The summed E-state index contributed by atoms with van der Waals surface area (Å²) in [6.07, 6.45) is 5.75. The molecule has 1 saturated heterocycles. The fourth-order valence-electron chi connectivity index (χ4n) is 3.85. The highest BCUT2D eigenvalue weighted by atomic mass is 16.1. The summed E-state index contributed by atoms with van der Waals surface area (Å²) in [6.45, 7) is 5.69. The summed E-state index contributed by atoms with van der Waals surface area (Å²) < 4.78 is 1.81. The van der Waals surface area contributed by atoms with Crippen LogP contribution in [-0.2, 0) is 13.5 Å². The van der Waals surface area contributed by atoms with Crippen LogP contribution in [0.5, 0.6) is 0 Å². The van der Waals surface area contributed by atoms with E-state index in [1.54, 1.807) is 6.07 Å². The Labute approximate surface area is 157 Å². The molecule has 0 bridgehead atoms. The van der Waals surface area contributed by atoms with Gasteiger partial charge in [-0.3, -0.25) is 9.48 Å². The summed E-state index contributed by atoms with van der Waals surface area (Å²) >= 11 is 0. The second-order valence-corrected chi connectivity index (χ2v) is 7.26. The molecule has 3 aromatic rings. The number of nitrogens with zero attached hydrogens (tertiary/aromatic N) is 6. The second kappa shape index (κ2) is 7.09. The normalized spacial score (nSPS) is 17.6. The number of piperidine rings is 1. The molecule has 1 aliphatic heterocycles. The first-order valence-electron chi connectivity index (χ1n) is 9.56. The Balaban J connectivity index is 1.71. The first-order valence-corrected chi connectivity index (χ1v) is 9.56. The van der Waals surface area contributed by atoms with Crippen molar-refractivity contribution in [2.75, 3.05) is 18.0 Å². The van der Waals surface area contributed by atoms with Gasteiger partial charge in [0.25, 0.3) is 5.56 Å². The highest BCUT2D eigenvalue weighted by molar-refractivity contribution is 5.87. The second-order valence-electron chi connectivity index (χ2n) is 7.26. The number of aryl methyl sites for hydroxylation is 3. The number of aromatic amines is 1. The minimum atomic E-state index is -0.0865. The van der Waals surface area contributed by atoms with Crippen molar-refractivity contribution in [3.63, 3.8) is 0 Å². The van der Waals surface area contributed by atoms with E-state index in [1.165, 1.54) is 0 Å². The molecule has 3 aromatic heterocycles. The van der Waals surface area contributed by atoms with Gasteiger partial charge in [0, 0.05) is 38.5 Å². The molecule has 0 saturated carbocycles. The van der Waals surface area contributed by atoms with Crippen molar-refractivity contribution in [1.82, 2.24) is 29.7 Å². The van der Waals surface area contributed by atoms with Gasteiger partial charge in [0.05, 0.1) is 17.3 Å². The molecule has 0 unspecified atom stereocenters. The molecule has 4 heterocycles. The average Bonchev–Trinajstić information content (AvgIpc) is 3.02. The Hall–Kier alpha value is -2.77. The molecule has 8 nitrogen and oxygen atoms in total. The summed E-state index contributed by atoms with van der Waals surface area (Å²) in [5.74, 6) is 2.69. The van der Waals surface area contributed by atoms with E-state index < -0.39 is 0 Å². The van der Waals surface area contributed by atoms with Crippen LogP contribution in [0.1, 0.15) is 49.4 Å². The van der Waals surface area contributed by atoms with Crippen LogP contribution in [0.4, 0.5) is 5.82 Å². The van der Waals surface area contributed by atoms with Gasteiger partial charge in [0.2, 0.25) is 0 Å². The van der Waals surface area contributed by atoms with Crippen LogP contribution >= 0.6 is 0 Å². The van der Waals surface area contributed by atoms with Crippen molar-refractivity contribution in [3.05, 3.63) is 40.0 Å². The maximum atomic E-state index is 11.9. The van der Waals surface area contributed by atoms with E-state index in [2.05, 4.69) is 31.9 Å². The molecule has 0 aliphatic carbocycles. The first kappa shape index (κ1) is 17.6. The SMILES string of the molecule is CCCc1nc(N2CCC[C@H](c3cc(=O)[nH]c(C)n3)C2)c2cnn(C)c2n1. The summed E-state index contributed by atoms with van der Waals surface area (Å²) in [7, 11) is 1.91. The highest BCUT2D eigenvalue weighted by Crippen LogP contribution is 2.31. The van der Waals surface area contributed by atoms with Gasteiger partial charge in [0.15, 0.2) is 5.65 Å². The quantitative estimate of drug-likeness (QED) is 0.759. The molecule has 142 valence electrons. The van der Waals surface area contributed by atoms with Crippen LogP contribution in [0.2, 0.25) is 0 Å². The van der Waals surface area contributed by atoms with E-state index in [4.69, 9.17) is 4.98 Å². The van der Waals surface area contributed by atoms with Gasteiger partial charge in [0.1, 0.15) is 17.5 Å². The zero-order chi connectivity index (χ0) is 19.0. The smallest absolute Gasteiger partial charge is 0.251 e. The van der Waals surface area contributed by atoms with E-state index >= 15 is 0 Å². The maximum absolute atomic E-state index is 11.9. The molecular formula is C19H25N7O. The molecule has 4 rings (SSSR count). The molecule has 1 atom stereocenters. The van der Waals surface area contributed by atoms with Crippen LogP contribution in [0, 0.1) is 6.92 Å². The van der Waals surface area contributed by atoms with Crippen LogP contribution in [0.15, 0.2) is 17.1 Å². The van der Waals surface area contributed by atoms with Gasteiger partial charge in [-0.05, 0) is 26.2 Å². The predicted molar refractivity (Wildman–Crippen MR) is 104 cm³/mol. The van der Waals surface area contributed by atoms with E-state index in [0.29, 0.717) is 5.82 Å². The third-order valence-corrected chi connectivity index (χ3v) is 5.11. The van der Waals surface area contributed by atoms with E-state index in [1.807, 2.05) is 24.9 Å². The summed E-state index contributed by atoms with van der Waals surface area (Å²) in [4.78, 5) is 31.0. The van der Waals surface area contributed by atoms with Crippen molar-refractivity contribution in [2.24, 2.45) is 7.05 Å². The number of hydrogen-bond acceptors (Lipinski definition) is 6. The molecule has 1 N–H and O–H groups in total. The molecule has 0 aromatic carbocycles. The number of anilines is 1. The molecule has 0 radical (unpaired) electrons. The van der Waals surface area contributed by atoms with Gasteiger partial charge in [-0.1, -0.05) is 6.92 Å². The number of aromatic nitrogens is 6. The Bertz CT molecular complexity index is 1020. The monoisotopic (exact) mass is 367 g/mol. The molecule has 27 heavy (non-hydrogen) atoms. The van der Waals surface area contributed by atoms with Gasteiger partial charge >= 0.3 is 0 Å². The summed E-state index contributed by atoms with van der Waals surface area (Å²) in [5.41, 5.74) is 1.65. The van der Waals surface area contributed by atoms with Crippen LogP contribution < -0.4 is 10.5 Å². The Morgan fingerprint density at radius 1 is 1.30 bits per heavy atom. The fraction of sp³-hybridized carbons (Fsp3) is 0.526.